The second-order valence-electron chi connectivity index (χ2n) is 2.99. The van der Waals surface area contributed by atoms with Crippen LogP contribution in [0.5, 0.6) is 5.75 Å². The SMILES string of the molecule is FC(F)Oc1ccncc1-c1ccncc1. The predicted octanol–water partition coefficient (Wildman–Crippen LogP) is 2.75. The van der Waals surface area contributed by atoms with Gasteiger partial charge in [-0.05, 0) is 23.8 Å². The van der Waals surface area contributed by atoms with Crippen molar-refractivity contribution in [2.24, 2.45) is 0 Å². The summed E-state index contributed by atoms with van der Waals surface area (Å²) in [4.78, 5) is 7.74. The molecule has 0 unspecified atom stereocenters. The summed E-state index contributed by atoms with van der Waals surface area (Å²) in [7, 11) is 0. The first-order chi connectivity index (χ1) is 7.77. The summed E-state index contributed by atoms with van der Waals surface area (Å²) in [6.07, 6.45) is 6.04. The maximum atomic E-state index is 12.2. The number of aromatic nitrogens is 2. The topological polar surface area (TPSA) is 35.0 Å². The van der Waals surface area contributed by atoms with E-state index in [1.807, 2.05) is 0 Å². The average Bonchev–Trinajstić information content (AvgIpc) is 2.30. The first kappa shape index (κ1) is 10.5. The van der Waals surface area contributed by atoms with Crippen molar-refractivity contribution < 1.29 is 13.5 Å². The molecule has 0 aromatic carbocycles. The molecule has 0 N–H and O–H groups in total. The van der Waals surface area contributed by atoms with Crippen molar-refractivity contribution in [2.75, 3.05) is 0 Å². The van der Waals surface area contributed by atoms with Gasteiger partial charge in [-0.25, -0.2) is 0 Å². The lowest BCUT2D eigenvalue weighted by molar-refractivity contribution is -0.0494. The monoisotopic (exact) mass is 222 g/mol. The molecule has 0 saturated heterocycles. The molecule has 0 aliphatic carbocycles. The molecule has 0 saturated carbocycles. The number of rotatable bonds is 3. The van der Waals surface area contributed by atoms with Crippen LogP contribution in [0, 0.1) is 0 Å². The van der Waals surface area contributed by atoms with Crippen molar-refractivity contribution in [3.8, 4) is 16.9 Å². The van der Waals surface area contributed by atoms with E-state index >= 15 is 0 Å². The third-order valence-electron chi connectivity index (χ3n) is 1.99. The molecule has 82 valence electrons. The quantitative estimate of drug-likeness (QED) is 0.800. The summed E-state index contributed by atoms with van der Waals surface area (Å²) in [5, 5.41) is 0. The minimum atomic E-state index is -2.84. The molecule has 0 bridgehead atoms. The predicted molar refractivity (Wildman–Crippen MR) is 54.1 cm³/mol. The Kier molecular flexibility index (Phi) is 3.05. The number of hydrogen-bond donors (Lipinski definition) is 0. The number of pyridine rings is 2. The molecule has 2 heterocycles. The van der Waals surface area contributed by atoms with Crippen molar-refractivity contribution >= 4 is 0 Å². The van der Waals surface area contributed by atoms with Gasteiger partial charge in [0.15, 0.2) is 0 Å². The molecular weight excluding hydrogens is 214 g/mol. The highest BCUT2D eigenvalue weighted by Gasteiger charge is 2.10. The van der Waals surface area contributed by atoms with Crippen LogP contribution in [0.1, 0.15) is 0 Å². The van der Waals surface area contributed by atoms with Gasteiger partial charge in [0.2, 0.25) is 0 Å². The van der Waals surface area contributed by atoms with Crippen LogP contribution in [0.4, 0.5) is 8.78 Å². The van der Waals surface area contributed by atoms with Crippen LogP contribution in [0.25, 0.3) is 11.1 Å². The van der Waals surface area contributed by atoms with Gasteiger partial charge in [0, 0.05) is 30.4 Å². The van der Waals surface area contributed by atoms with Crippen LogP contribution < -0.4 is 4.74 Å². The molecule has 5 heteroatoms. The Morgan fingerprint density at radius 3 is 2.38 bits per heavy atom. The van der Waals surface area contributed by atoms with Crippen molar-refractivity contribution in [1.29, 1.82) is 0 Å². The van der Waals surface area contributed by atoms with E-state index in [0.29, 0.717) is 5.56 Å². The lowest BCUT2D eigenvalue weighted by Crippen LogP contribution is -2.03. The van der Waals surface area contributed by atoms with E-state index in [-0.39, 0.29) is 5.75 Å². The fraction of sp³-hybridized carbons (Fsp3) is 0.0909. The fourth-order valence-electron chi connectivity index (χ4n) is 1.33. The molecule has 0 fully saturated rings. The first-order valence-corrected chi connectivity index (χ1v) is 4.56. The zero-order valence-corrected chi connectivity index (χ0v) is 8.18. The standard InChI is InChI=1S/C11H8F2N2O/c12-11(13)16-10-3-6-15-7-9(10)8-1-4-14-5-2-8/h1-7,11H. The number of nitrogens with zero attached hydrogens (tertiary/aromatic N) is 2. The molecule has 0 spiro atoms. The average molecular weight is 222 g/mol. The van der Waals surface area contributed by atoms with Crippen molar-refractivity contribution in [1.82, 2.24) is 9.97 Å². The van der Waals surface area contributed by atoms with Crippen molar-refractivity contribution in [2.45, 2.75) is 6.61 Å². The van der Waals surface area contributed by atoms with Gasteiger partial charge in [-0.2, -0.15) is 8.78 Å². The summed E-state index contributed by atoms with van der Waals surface area (Å²) in [5.74, 6) is 0.108. The summed E-state index contributed by atoms with van der Waals surface area (Å²) in [6.45, 7) is -2.84. The summed E-state index contributed by atoms with van der Waals surface area (Å²) in [5.41, 5.74) is 1.25. The normalized spacial score (nSPS) is 10.4. The van der Waals surface area contributed by atoms with Crippen molar-refractivity contribution in [3.05, 3.63) is 43.0 Å². The lowest BCUT2D eigenvalue weighted by atomic mass is 10.1. The second kappa shape index (κ2) is 4.65. The molecule has 16 heavy (non-hydrogen) atoms. The molecule has 2 aromatic heterocycles. The lowest BCUT2D eigenvalue weighted by Gasteiger charge is -2.09. The summed E-state index contributed by atoms with van der Waals surface area (Å²) < 4.78 is 28.7. The Balaban J connectivity index is 2.41. The van der Waals surface area contributed by atoms with E-state index in [0.717, 1.165) is 5.56 Å². The van der Waals surface area contributed by atoms with Gasteiger partial charge in [-0.3, -0.25) is 9.97 Å². The van der Waals surface area contributed by atoms with Gasteiger partial charge in [0.1, 0.15) is 5.75 Å². The van der Waals surface area contributed by atoms with E-state index in [9.17, 15) is 8.78 Å². The zero-order valence-electron chi connectivity index (χ0n) is 8.18. The largest absolute Gasteiger partial charge is 0.434 e. The molecule has 2 aromatic rings. The van der Waals surface area contributed by atoms with Crippen LogP contribution in [0.2, 0.25) is 0 Å². The highest BCUT2D eigenvalue weighted by Crippen LogP contribution is 2.29. The van der Waals surface area contributed by atoms with Gasteiger partial charge in [0.05, 0.1) is 0 Å². The molecule has 0 radical (unpaired) electrons. The summed E-state index contributed by atoms with van der Waals surface area (Å²) >= 11 is 0. The maximum Gasteiger partial charge on any atom is 0.387 e. The molecular formula is C11H8F2N2O. The molecule has 0 aliphatic heterocycles. The number of hydrogen-bond acceptors (Lipinski definition) is 3. The minimum absolute atomic E-state index is 0.108. The van der Waals surface area contributed by atoms with E-state index in [1.165, 1.54) is 18.5 Å². The highest BCUT2D eigenvalue weighted by atomic mass is 19.3. The molecule has 0 amide bonds. The Labute approximate surface area is 90.7 Å². The highest BCUT2D eigenvalue weighted by molar-refractivity contribution is 5.68. The van der Waals surface area contributed by atoms with Crippen LogP contribution in [0.3, 0.4) is 0 Å². The number of ether oxygens (including phenoxy) is 1. The Morgan fingerprint density at radius 1 is 1.00 bits per heavy atom. The van der Waals surface area contributed by atoms with Crippen LogP contribution >= 0.6 is 0 Å². The van der Waals surface area contributed by atoms with Gasteiger partial charge >= 0.3 is 6.61 Å². The number of alkyl halides is 2. The minimum Gasteiger partial charge on any atom is -0.434 e. The molecule has 2 rings (SSSR count). The molecule has 0 atom stereocenters. The number of halogens is 2. The molecule has 0 aliphatic rings. The van der Waals surface area contributed by atoms with Crippen LogP contribution in [0.15, 0.2) is 43.0 Å². The third-order valence-corrected chi connectivity index (χ3v) is 1.99. The zero-order chi connectivity index (χ0) is 11.4. The van der Waals surface area contributed by atoms with Gasteiger partial charge in [-0.15, -0.1) is 0 Å². The van der Waals surface area contributed by atoms with E-state index in [2.05, 4.69) is 14.7 Å². The first-order valence-electron chi connectivity index (χ1n) is 4.56. The van der Waals surface area contributed by atoms with Gasteiger partial charge in [-0.1, -0.05) is 0 Å². The van der Waals surface area contributed by atoms with Crippen LogP contribution in [-0.2, 0) is 0 Å². The second-order valence-corrected chi connectivity index (χ2v) is 2.99. The third kappa shape index (κ3) is 2.31. The van der Waals surface area contributed by atoms with E-state index in [4.69, 9.17) is 0 Å². The van der Waals surface area contributed by atoms with Gasteiger partial charge < -0.3 is 4.74 Å². The van der Waals surface area contributed by atoms with Crippen LogP contribution in [-0.4, -0.2) is 16.6 Å². The molecule has 3 nitrogen and oxygen atoms in total. The summed E-state index contributed by atoms with van der Waals surface area (Å²) in [6, 6.07) is 4.81. The van der Waals surface area contributed by atoms with Gasteiger partial charge in [0.25, 0.3) is 0 Å². The Bertz CT molecular complexity index is 463. The van der Waals surface area contributed by atoms with Crippen molar-refractivity contribution in [3.63, 3.8) is 0 Å². The van der Waals surface area contributed by atoms with E-state index in [1.54, 1.807) is 24.5 Å². The fourth-order valence-corrected chi connectivity index (χ4v) is 1.33. The Hall–Kier alpha value is -2.04. The maximum absolute atomic E-state index is 12.2. The smallest absolute Gasteiger partial charge is 0.387 e. The van der Waals surface area contributed by atoms with E-state index < -0.39 is 6.61 Å². The Morgan fingerprint density at radius 2 is 1.69 bits per heavy atom.